The van der Waals surface area contributed by atoms with E-state index >= 15 is 0 Å². The molecule has 0 saturated heterocycles. The van der Waals surface area contributed by atoms with E-state index in [1.807, 2.05) is 7.05 Å². The Morgan fingerprint density at radius 3 is 2.62 bits per heavy atom. The predicted octanol–water partition coefficient (Wildman–Crippen LogP) is 0.527. The van der Waals surface area contributed by atoms with E-state index in [9.17, 15) is 4.79 Å². The molecule has 0 saturated carbocycles. The van der Waals surface area contributed by atoms with E-state index in [1.54, 1.807) is 0 Å². The van der Waals surface area contributed by atoms with Crippen LogP contribution in [0.5, 0.6) is 0 Å². The smallest absolute Gasteiger partial charge is 0.121 e. The zero-order chi connectivity index (χ0) is 6.41. The molecular weight excluding hydrogens is 102 g/mol. The Kier molecular flexibility index (Phi) is 4.56. The number of nitrogens with zero attached hydrogens (tertiary/aromatic N) is 1. The highest BCUT2D eigenvalue weighted by molar-refractivity contribution is 5.49. The van der Waals surface area contributed by atoms with Gasteiger partial charge in [0.25, 0.3) is 0 Å². The standard InChI is InChI=1S/C6H13NO/c1-3-7(2)5-4-6-8/h6H,3-5H2,1-2H3. The molecule has 0 aliphatic heterocycles. The lowest BCUT2D eigenvalue weighted by Crippen LogP contribution is -2.18. The number of hydrogen-bond acceptors (Lipinski definition) is 2. The van der Waals surface area contributed by atoms with Gasteiger partial charge >= 0.3 is 0 Å². The van der Waals surface area contributed by atoms with Crippen LogP contribution in [-0.2, 0) is 4.79 Å². The van der Waals surface area contributed by atoms with Crippen LogP contribution in [0.2, 0.25) is 0 Å². The Hall–Kier alpha value is -0.370. The van der Waals surface area contributed by atoms with E-state index in [4.69, 9.17) is 0 Å². The van der Waals surface area contributed by atoms with E-state index in [-0.39, 0.29) is 0 Å². The number of rotatable bonds is 4. The van der Waals surface area contributed by atoms with Gasteiger partial charge in [-0.3, -0.25) is 0 Å². The summed E-state index contributed by atoms with van der Waals surface area (Å²) in [5, 5.41) is 0. The van der Waals surface area contributed by atoms with Crippen molar-refractivity contribution >= 4 is 6.29 Å². The van der Waals surface area contributed by atoms with Crippen molar-refractivity contribution in [2.24, 2.45) is 0 Å². The minimum Gasteiger partial charge on any atom is -0.306 e. The Balaban J connectivity index is 2.97. The lowest BCUT2D eigenvalue weighted by molar-refractivity contribution is -0.108. The predicted molar refractivity (Wildman–Crippen MR) is 33.9 cm³/mol. The summed E-state index contributed by atoms with van der Waals surface area (Å²) in [6.45, 7) is 3.98. The molecule has 0 aliphatic carbocycles. The van der Waals surface area contributed by atoms with Crippen LogP contribution in [0.25, 0.3) is 0 Å². The van der Waals surface area contributed by atoms with Gasteiger partial charge in [0.1, 0.15) is 6.29 Å². The van der Waals surface area contributed by atoms with Gasteiger partial charge in [-0.1, -0.05) is 6.92 Å². The fourth-order valence-electron chi connectivity index (χ4n) is 0.431. The van der Waals surface area contributed by atoms with Crippen molar-refractivity contribution < 1.29 is 4.79 Å². The van der Waals surface area contributed by atoms with E-state index < -0.39 is 0 Å². The van der Waals surface area contributed by atoms with Gasteiger partial charge in [0.2, 0.25) is 0 Å². The molecule has 0 aromatic carbocycles. The molecule has 2 heteroatoms. The zero-order valence-corrected chi connectivity index (χ0v) is 5.55. The molecule has 0 bridgehead atoms. The van der Waals surface area contributed by atoms with Crippen LogP contribution in [0.1, 0.15) is 13.3 Å². The van der Waals surface area contributed by atoms with Gasteiger partial charge in [0.05, 0.1) is 0 Å². The fraction of sp³-hybridized carbons (Fsp3) is 0.833. The molecule has 48 valence electrons. The third-order valence-electron chi connectivity index (χ3n) is 1.17. The molecule has 0 fully saturated rings. The Labute approximate surface area is 50.5 Å². The molecule has 0 radical (unpaired) electrons. The van der Waals surface area contributed by atoms with Crippen LogP contribution < -0.4 is 0 Å². The molecule has 0 heterocycles. The largest absolute Gasteiger partial charge is 0.306 e. The summed E-state index contributed by atoms with van der Waals surface area (Å²) >= 11 is 0. The first-order valence-corrected chi connectivity index (χ1v) is 2.93. The van der Waals surface area contributed by atoms with Crippen LogP contribution in [0.3, 0.4) is 0 Å². The monoisotopic (exact) mass is 115 g/mol. The molecule has 0 N–H and O–H groups in total. The number of carbonyl (C=O) groups is 1. The minimum absolute atomic E-state index is 0.657. The third-order valence-corrected chi connectivity index (χ3v) is 1.17. The van der Waals surface area contributed by atoms with Crippen LogP contribution in [-0.4, -0.2) is 31.3 Å². The first-order valence-electron chi connectivity index (χ1n) is 2.93. The van der Waals surface area contributed by atoms with Gasteiger partial charge in [-0.25, -0.2) is 0 Å². The molecule has 2 nitrogen and oxygen atoms in total. The maximum absolute atomic E-state index is 9.80. The highest BCUT2D eigenvalue weighted by Crippen LogP contribution is 1.80. The molecule has 0 aromatic rings. The molecule has 0 atom stereocenters. The van der Waals surface area contributed by atoms with Crippen molar-refractivity contribution in [1.29, 1.82) is 0 Å². The van der Waals surface area contributed by atoms with Crippen molar-refractivity contribution in [3.05, 3.63) is 0 Å². The van der Waals surface area contributed by atoms with Crippen molar-refractivity contribution in [3.8, 4) is 0 Å². The fourth-order valence-corrected chi connectivity index (χ4v) is 0.431. The Bertz CT molecular complexity index is 63.5. The summed E-state index contributed by atoms with van der Waals surface area (Å²) in [6.07, 6.45) is 1.61. The summed E-state index contributed by atoms with van der Waals surface area (Å²) in [4.78, 5) is 11.9. The average Bonchev–Trinajstić information content (AvgIpc) is 1.83. The summed E-state index contributed by atoms with van der Waals surface area (Å²) < 4.78 is 0. The maximum atomic E-state index is 9.80. The summed E-state index contributed by atoms with van der Waals surface area (Å²) in [5.74, 6) is 0. The number of aldehydes is 1. The lowest BCUT2D eigenvalue weighted by Gasteiger charge is -2.09. The average molecular weight is 115 g/mol. The van der Waals surface area contributed by atoms with Crippen molar-refractivity contribution in [3.63, 3.8) is 0 Å². The molecule has 0 unspecified atom stereocenters. The van der Waals surface area contributed by atoms with Gasteiger partial charge in [-0.2, -0.15) is 0 Å². The van der Waals surface area contributed by atoms with E-state index in [1.165, 1.54) is 0 Å². The lowest BCUT2D eigenvalue weighted by atomic mass is 10.4. The summed E-state index contributed by atoms with van der Waals surface area (Å²) in [5.41, 5.74) is 0. The van der Waals surface area contributed by atoms with Crippen molar-refractivity contribution in [2.75, 3.05) is 20.1 Å². The van der Waals surface area contributed by atoms with Gasteiger partial charge < -0.3 is 9.69 Å². The number of carbonyl (C=O) groups excluding carboxylic acids is 1. The second kappa shape index (κ2) is 4.78. The van der Waals surface area contributed by atoms with Gasteiger partial charge in [0, 0.05) is 13.0 Å². The van der Waals surface area contributed by atoms with Crippen LogP contribution >= 0.6 is 0 Å². The minimum atomic E-state index is 0.657. The SMILES string of the molecule is CCN(C)CCC=O. The topological polar surface area (TPSA) is 20.3 Å². The Morgan fingerprint density at radius 2 is 2.25 bits per heavy atom. The van der Waals surface area contributed by atoms with E-state index in [0.29, 0.717) is 6.42 Å². The second-order valence-electron chi connectivity index (χ2n) is 1.85. The first-order chi connectivity index (χ1) is 3.81. The second-order valence-corrected chi connectivity index (χ2v) is 1.85. The zero-order valence-electron chi connectivity index (χ0n) is 5.55. The molecule has 0 amide bonds. The van der Waals surface area contributed by atoms with E-state index in [2.05, 4.69) is 11.8 Å². The number of hydrogen-bond donors (Lipinski definition) is 0. The summed E-state index contributed by atoms with van der Waals surface area (Å²) in [6, 6.07) is 0. The van der Waals surface area contributed by atoms with Crippen LogP contribution in [0, 0.1) is 0 Å². The van der Waals surface area contributed by atoms with Crippen LogP contribution in [0.15, 0.2) is 0 Å². The molecule has 0 aliphatic rings. The molecule has 0 aromatic heterocycles. The highest BCUT2D eigenvalue weighted by atomic mass is 16.1. The van der Waals surface area contributed by atoms with Gasteiger partial charge in [-0.15, -0.1) is 0 Å². The highest BCUT2D eigenvalue weighted by Gasteiger charge is 1.89. The van der Waals surface area contributed by atoms with Crippen molar-refractivity contribution in [2.45, 2.75) is 13.3 Å². The molecule has 0 spiro atoms. The Morgan fingerprint density at radius 1 is 1.62 bits per heavy atom. The first kappa shape index (κ1) is 7.63. The third kappa shape index (κ3) is 3.81. The normalized spacial score (nSPS) is 9.88. The summed E-state index contributed by atoms with van der Waals surface area (Å²) in [7, 11) is 2.00. The molecular formula is C6H13NO. The molecule has 8 heavy (non-hydrogen) atoms. The van der Waals surface area contributed by atoms with Crippen LogP contribution in [0.4, 0.5) is 0 Å². The van der Waals surface area contributed by atoms with Gasteiger partial charge in [-0.05, 0) is 13.6 Å². The van der Waals surface area contributed by atoms with Crippen molar-refractivity contribution in [1.82, 2.24) is 4.90 Å². The van der Waals surface area contributed by atoms with E-state index in [0.717, 1.165) is 19.4 Å². The maximum Gasteiger partial charge on any atom is 0.121 e. The quantitative estimate of drug-likeness (QED) is 0.498. The van der Waals surface area contributed by atoms with Gasteiger partial charge in [0.15, 0.2) is 0 Å². The molecule has 0 rings (SSSR count).